The summed E-state index contributed by atoms with van der Waals surface area (Å²) in [5.41, 5.74) is 0.578. The molecule has 0 aliphatic heterocycles. The number of carboxylic acids is 1. The molecule has 4 heteroatoms. The Morgan fingerprint density at radius 2 is 1.93 bits per heavy atom. The lowest BCUT2D eigenvalue weighted by molar-refractivity contribution is -0.142. The summed E-state index contributed by atoms with van der Waals surface area (Å²) >= 11 is 3.00. The van der Waals surface area contributed by atoms with Crippen LogP contribution in [0.2, 0.25) is 0 Å². The fraction of sp³-hybridized carbons (Fsp3) is 0.300. The van der Waals surface area contributed by atoms with Gasteiger partial charge in [0.15, 0.2) is 0 Å². The molecule has 0 spiro atoms. The van der Waals surface area contributed by atoms with E-state index < -0.39 is 16.4 Å². The quantitative estimate of drug-likeness (QED) is 0.816. The summed E-state index contributed by atoms with van der Waals surface area (Å²) in [4.78, 5) is 10.8. The second-order valence-electron chi connectivity index (χ2n) is 3.19. The molecule has 0 fully saturated rings. The van der Waals surface area contributed by atoms with Gasteiger partial charge in [-0.3, -0.25) is 4.79 Å². The lowest BCUT2D eigenvalue weighted by atomic mass is 9.97. The van der Waals surface area contributed by atoms with Crippen molar-refractivity contribution in [1.82, 2.24) is 0 Å². The molecule has 0 bridgehead atoms. The van der Waals surface area contributed by atoms with Crippen molar-refractivity contribution in [3.63, 3.8) is 0 Å². The van der Waals surface area contributed by atoms with Gasteiger partial charge in [0.25, 0.3) is 0 Å². The second-order valence-corrected chi connectivity index (χ2v) is 4.84. The van der Waals surface area contributed by atoms with Crippen molar-refractivity contribution in [3.8, 4) is 0 Å². The molecule has 0 aromatic heterocycles. The molecule has 1 aromatic rings. The fourth-order valence-electron chi connectivity index (χ4n) is 1.07. The summed E-state index contributed by atoms with van der Waals surface area (Å²) in [7, 11) is 0. The molecule has 0 radical (unpaired) electrons. The van der Waals surface area contributed by atoms with E-state index in [1.807, 2.05) is 6.07 Å². The highest BCUT2D eigenvalue weighted by molar-refractivity contribution is 9.10. The predicted octanol–water partition coefficient (Wildman–Crippen LogP) is 1.96. The van der Waals surface area contributed by atoms with E-state index in [9.17, 15) is 9.90 Å². The van der Waals surface area contributed by atoms with Crippen molar-refractivity contribution >= 4 is 21.9 Å². The van der Waals surface area contributed by atoms with Crippen LogP contribution in [0.3, 0.4) is 0 Å². The summed E-state index contributed by atoms with van der Waals surface area (Å²) in [6, 6.07) is 8.69. The van der Waals surface area contributed by atoms with E-state index in [4.69, 9.17) is 5.11 Å². The first-order valence-corrected chi connectivity index (χ1v) is 4.91. The Balaban J connectivity index is 2.96. The summed E-state index contributed by atoms with van der Waals surface area (Å²) in [5.74, 6) is -1.09. The van der Waals surface area contributed by atoms with E-state index in [2.05, 4.69) is 15.9 Å². The zero-order chi connectivity index (χ0) is 10.8. The normalized spacial score (nSPS) is 17.1. The molecular formula is C10H11BrO3. The van der Waals surface area contributed by atoms with Crippen LogP contribution in [-0.4, -0.2) is 20.5 Å². The van der Waals surface area contributed by atoms with Crippen molar-refractivity contribution in [2.75, 3.05) is 0 Å². The molecule has 3 nitrogen and oxygen atoms in total. The molecule has 0 aliphatic rings. The van der Waals surface area contributed by atoms with Crippen LogP contribution in [0.25, 0.3) is 0 Å². The number of benzene rings is 1. The molecular weight excluding hydrogens is 248 g/mol. The molecule has 1 aromatic carbocycles. The van der Waals surface area contributed by atoms with Gasteiger partial charge in [-0.2, -0.15) is 0 Å². The lowest BCUT2D eigenvalue weighted by Crippen LogP contribution is -2.35. The Labute approximate surface area is 90.5 Å². The number of aliphatic hydroxyl groups excluding tert-OH is 1. The van der Waals surface area contributed by atoms with E-state index in [1.165, 1.54) is 6.92 Å². The minimum atomic E-state index is -1.35. The fourth-order valence-corrected chi connectivity index (χ4v) is 1.33. The van der Waals surface area contributed by atoms with Gasteiger partial charge >= 0.3 is 5.97 Å². The molecule has 2 N–H and O–H groups in total. The van der Waals surface area contributed by atoms with Crippen molar-refractivity contribution in [2.24, 2.45) is 0 Å². The van der Waals surface area contributed by atoms with E-state index in [-0.39, 0.29) is 0 Å². The standard InChI is InChI=1S/C10H11BrO3/c1-10(11,9(13)14)8(12)7-5-3-2-4-6-7/h2-6,8,12H,1H3,(H,13,14). The Morgan fingerprint density at radius 3 is 2.36 bits per heavy atom. The maximum atomic E-state index is 10.8. The van der Waals surface area contributed by atoms with Gasteiger partial charge in [-0.1, -0.05) is 46.3 Å². The van der Waals surface area contributed by atoms with E-state index in [0.717, 1.165) is 0 Å². The van der Waals surface area contributed by atoms with E-state index in [0.29, 0.717) is 5.56 Å². The number of carboxylic acid groups (broad SMARTS) is 1. The van der Waals surface area contributed by atoms with Crippen LogP contribution in [0.1, 0.15) is 18.6 Å². The van der Waals surface area contributed by atoms with Crippen LogP contribution in [-0.2, 0) is 4.79 Å². The maximum absolute atomic E-state index is 10.8. The molecule has 0 amide bonds. The van der Waals surface area contributed by atoms with Crippen LogP contribution in [0.15, 0.2) is 30.3 Å². The molecule has 14 heavy (non-hydrogen) atoms. The highest BCUT2D eigenvalue weighted by Gasteiger charge is 2.38. The number of alkyl halides is 1. The topological polar surface area (TPSA) is 57.5 Å². The molecule has 0 heterocycles. The third-order valence-electron chi connectivity index (χ3n) is 2.05. The van der Waals surface area contributed by atoms with Crippen LogP contribution < -0.4 is 0 Å². The van der Waals surface area contributed by atoms with Gasteiger partial charge in [-0.05, 0) is 12.5 Å². The van der Waals surface area contributed by atoms with Gasteiger partial charge in [0.1, 0.15) is 10.4 Å². The third-order valence-corrected chi connectivity index (χ3v) is 2.82. The third kappa shape index (κ3) is 2.13. The Hall–Kier alpha value is -0.870. The smallest absolute Gasteiger partial charge is 0.323 e. The molecule has 0 saturated carbocycles. The van der Waals surface area contributed by atoms with Crippen LogP contribution >= 0.6 is 15.9 Å². The first kappa shape index (κ1) is 11.2. The Bertz CT molecular complexity index is 321. The minimum Gasteiger partial charge on any atom is -0.480 e. The maximum Gasteiger partial charge on any atom is 0.323 e. The zero-order valence-corrected chi connectivity index (χ0v) is 9.23. The highest BCUT2D eigenvalue weighted by atomic mass is 79.9. The van der Waals surface area contributed by atoms with E-state index >= 15 is 0 Å². The average molecular weight is 259 g/mol. The first-order valence-electron chi connectivity index (χ1n) is 4.11. The number of aliphatic hydroxyl groups is 1. The van der Waals surface area contributed by atoms with Gasteiger partial charge in [-0.15, -0.1) is 0 Å². The summed E-state index contributed by atoms with van der Waals surface area (Å²) in [6.07, 6.45) is -1.07. The molecule has 0 saturated heterocycles. The van der Waals surface area contributed by atoms with Crippen LogP contribution in [0.5, 0.6) is 0 Å². The van der Waals surface area contributed by atoms with Crippen molar-refractivity contribution in [3.05, 3.63) is 35.9 Å². The first-order chi connectivity index (χ1) is 6.46. The minimum absolute atomic E-state index is 0.578. The van der Waals surface area contributed by atoms with Gasteiger partial charge in [0, 0.05) is 0 Å². The van der Waals surface area contributed by atoms with Crippen LogP contribution in [0.4, 0.5) is 0 Å². The van der Waals surface area contributed by atoms with Crippen molar-refractivity contribution < 1.29 is 15.0 Å². The van der Waals surface area contributed by atoms with Gasteiger partial charge in [-0.25, -0.2) is 0 Å². The monoisotopic (exact) mass is 258 g/mol. The summed E-state index contributed by atoms with van der Waals surface area (Å²) < 4.78 is -1.35. The molecule has 2 unspecified atom stereocenters. The SMILES string of the molecule is CC(Br)(C(=O)O)C(O)c1ccccc1. The number of rotatable bonds is 3. The largest absolute Gasteiger partial charge is 0.480 e. The van der Waals surface area contributed by atoms with Crippen molar-refractivity contribution in [2.45, 2.75) is 17.4 Å². The van der Waals surface area contributed by atoms with Gasteiger partial charge in [0.05, 0.1) is 0 Å². The number of carbonyl (C=O) groups is 1. The second kappa shape index (κ2) is 4.11. The van der Waals surface area contributed by atoms with Crippen LogP contribution in [0, 0.1) is 0 Å². The number of halogens is 1. The number of hydrogen-bond donors (Lipinski definition) is 2. The zero-order valence-electron chi connectivity index (χ0n) is 7.64. The lowest BCUT2D eigenvalue weighted by Gasteiger charge is -2.24. The Kier molecular flexibility index (Phi) is 3.29. The van der Waals surface area contributed by atoms with Gasteiger partial charge < -0.3 is 10.2 Å². The Morgan fingerprint density at radius 1 is 1.43 bits per heavy atom. The molecule has 76 valence electrons. The van der Waals surface area contributed by atoms with E-state index in [1.54, 1.807) is 24.3 Å². The molecule has 2 atom stereocenters. The number of aliphatic carboxylic acids is 1. The highest BCUT2D eigenvalue weighted by Crippen LogP contribution is 2.33. The van der Waals surface area contributed by atoms with Crippen molar-refractivity contribution in [1.29, 1.82) is 0 Å². The van der Waals surface area contributed by atoms with Gasteiger partial charge in [0.2, 0.25) is 0 Å². The molecule has 0 aliphatic carbocycles. The number of hydrogen-bond acceptors (Lipinski definition) is 2. The predicted molar refractivity (Wildman–Crippen MR) is 56.4 cm³/mol. The average Bonchev–Trinajstić information content (AvgIpc) is 2.17. The summed E-state index contributed by atoms with van der Waals surface area (Å²) in [5, 5.41) is 18.7. The summed E-state index contributed by atoms with van der Waals surface area (Å²) in [6.45, 7) is 1.42. The molecule has 1 rings (SSSR count).